The average Bonchev–Trinajstić information content (AvgIpc) is 3.41. The van der Waals surface area contributed by atoms with Crippen LogP contribution in [0.15, 0.2) is 107 Å². The third-order valence-electron chi connectivity index (χ3n) is 10.5. The highest BCUT2D eigenvalue weighted by Gasteiger charge is 2.46. The van der Waals surface area contributed by atoms with Gasteiger partial charge in [0.05, 0.1) is 5.41 Å². The molecule has 2 heterocycles. The summed E-state index contributed by atoms with van der Waals surface area (Å²) >= 11 is 12.4. The predicted molar refractivity (Wildman–Crippen MR) is 204 cm³/mol. The van der Waals surface area contributed by atoms with Gasteiger partial charge in [0.25, 0.3) is 0 Å². The summed E-state index contributed by atoms with van der Waals surface area (Å²) < 4.78 is 2.54. The topological polar surface area (TPSA) is 6.25 Å². The van der Waals surface area contributed by atoms with E-state index in [0.29, 0.717) is 0 Å². The Hall–Kier alpha value is -3.60. The number of benzene rings is 4. The number of rotatable bonds is 8. The van der Waals surface area contributed by atoms with Crippen LogP contribution in [0.25, 0.3) is 21.5 Å². The van der Waals surface area contributed by atoms with Crippen LogP contribution in [0, 0.1) is 0 Å². The highest BCUT2D eigenvalue weighted by atomic mass is 32.1. The maximum atomic E-state index is 6.21. The van der Waals surface area contributed by atoms with Gasteiger partial charge in [-0.15, -0.1) is 0 Å². The fraction of sp³-hybridized carbons (Fsp3) is 0.333. The Bertz CT molecular complexity index is 2050. The molecule has 7 rings (SSSR count). The minimum atomic E-state index is -0.177. The van der Waals surface area contributed by atoms with Crippen molar-refractivity contribution in [2.24, 2.45) is 0 Å². The van der Waals surface area contributed by atoms with Crippen LogP contribution in [-0.4, -0.2) is 28.2 Å². The van der Waals surface area contributed by atoms with Crippen molar-refractivity contribution in [1.29, 1.82) is 0 Å². The summed E-state index contributed by atoms with van der Waals surface area (Å²) in [5.74, 6) is 0. The van der Waals surface area contributed by atoms with Crippen molar-refractivity contribution < 1.29 is 4.58 Å². The van der Waals surface area contributed by atoms with Gasteiger partial charge in [0.15, 0.2) is 5.71 Å². The summed E-state index contributed by atoms with van der Waals surface area (Å²) in [7, 11) is 0. The first-order valence-corrected chi connectivity index (χ1v) is 17.8. The van der Waals surface area contributed by atoms with Gasteiger partial charge in [-0.25, -0.2) is 0 Å². The fourth-order valence-corrected chi connectivity index (χ4v) is 8.85. The van der Waals surface area contributed by atoms with Crippen LogP contribution in [-0.2, 0) is 23.5 Å². The lowest BCUT2D eigenvalue weighted by molar-refractivity contribution is -0.438. The first-order valence-electron chi connectivity index (χ1n) is 17.0. The minimum absolute atomic E-state index is 0.177. The Morgan fingerprint density at radius 1 is 0.761 bits per heavy atom. The molecule has 2 aliphatic heterocycles. The van der Waals surface area contributed by atoms with Gasteiger partial charge in [-0.1, -0.05) is 107 Å². The molecule has 0 amide bonds. The Labute approximate surface area is 285 Å². The molecule has 0 N–H and O–H groups in total. The van der Waals surface area contributed by atoms with Gasteiger partial charge in [-0.2, -0.15) is 9.48 Å². The summed E-state index contributed by atoms with van der Waals surface area (Å²) in [6, 6.07) is 26.7. The molecule has 0 unspecified atom stereocenters. The van der Waals surface area contributed by atoms with Gasteiger partial charge in [0.1, 0.15) is 6.54 Å². The molecule has 1 aliphatic carbocycles. The first-order chi connectivity index (χ1) is 22.1. The standard InChI is InChI=1S/C42H44N2S2/c1-7-9-23-43-33-21-19-27-15-11-13-17-29(27)37(33)41(3,4)35(43)25-31-39(45)32(40(31)46)26-36-42(5,6)38-30-18-14-12-16-28(30)20-22-34(38)44(36)24-10-8-2/h11-22,25-26H,7-10,23-24H2,1-6H3. The molecule has 4 aromatic carbocycles. The second kappa shape index (κ2) is 11.6. The Kier molecular flexibility index (Phi) is 7.81. The van der Waals surface area contributed by atoms with Crippen LogP contribution in [0.4, 0.5) is 11.4 Å². The van der Waals surface area contributed by atoms with Crippen LogP contribution < -0.4 is 4.90 Å². The smallest absolute Gasteiger partial charge is 0.210 e. The summed E-state index contributed by atoms with van der Waals surface area (Å²) in [4.78, 5) is 4.32. The minimum Gasteiger partial charge on any atom is -0.778 e. The molecule has 0 saturated carbocycles. The second-order valence-corrected chi connectivity index (χ2v) is 15.0. The van der Waals surface area contributed by atoms with Crippen molar-refractivity contribution in [3.63, 3.8) is 0 Å². The van der Waals surface area contributed by atoms with Crippen molar-refractivity contribution in [1.82, 2.24) is 0 Å². The van der Waals surface area contributed by atoms with Gasteiger partial charge >= 0.3 is 0 Å². The zero-order valence-corrected chi connectivity index (χ0v) is 29.7. The molecule has 234 valence electrons. The van der Waals surface area contributed by atoms with Crippen molar-refractivity contribution in [3.05, 3.63) is 118 Å². The number of hydrogen-bond acceptors (Lipinski definition) is 3. The fourth-order valence-electron chi connectivity index (χ4n) is 8.07. The Morgan fingerprint density at radius 3 is 2.04 bits per heavy atom. The number of allylic oxidation sites excluding steroid dienone is 5. The van der Waals surface area contributed by atoms with E-state index in [0.717, 1.165) is 59.7 Å². The van der Waals surface area contributed by atoms with Crippen LogP contribution in [0.1, 0.15) is 78.4 Å². The van der Waals surface area contributed by atoms with Gasteiger partial charge in [-0.05, 0) is 76.7 Å². The summed E-state index contributed by atoms with van der Waals surface area (Å²) in [5.41, 5.74) is 9.75. The van der Waals surface area contributed by atoms with E-state index in [1.165, 1.54) is 55.5 Å². The van der Waals surface area contributed by atoms with Crippen molar-refractivity contribution in [3.8, 4) is 0 Å². The lowest BCUT2D eigenvalue weighted by atomic mass is 9.77. The van der Waals surface area contributed by atoms with Gasteiger partial charge in [0, 0.05) is 52.3 Å². The summed E-state index contributed by atoms with van der Waals surface area (Å²) in [6.45, 7) is 15.9. The molecule has 46 heavy (non-hydrogen) atoms. The van der Waals surface area contributed by atoms with Gasteiger partial charge in [0.2, 0.25) is 5.69 Å². The molecular weight excluding hydrogens is 597 g/mol. The van der Waals surface area contributed by atoms with E-state index in [-0.39, 0.29) is 10.8 Å². The van der Waals surface area contributed by atoms with E-state index in [9.17, 15) is 0 Å². The molecule has 0 saturated heterocycles. The van der Waals surface area contributed by atoms with Crippen molar-refractivity contribution >= 4 is 68.3 Å². The lowest BCUT2D eigenvalue weighted by Gasteiger charge is -2.35. The van der Waals surface area contributed by atoms with Crippen molar-refractivity contribution in [2.75, 3.05) is 18.0 Å². The van der Waals surface area contributed by atoms with E-state index in [1.54, 1.807) is 0 Å². The van der Waals surface area contributed by atoms with Crippen molar-refractivity contribution in [2.45, 2.75) is 78.1 Å². The number of thiocarbonyl (C=S) groups is 1. The molecule has 4 heteroatoms. The number of anilines is 1. The summed E-state index contributed by atoms with van der Waals surface area (Å²) in [6.07, 6.45) is 9.21. The highest BCUT2D eigenvalue weighted by Crippen LogP contribution is 2.52. The monoisotopic (exact) mass is 640 g/mol. The van der Waals surface area contributed by atoms with Crippen LogP contribution in [0.5, 0.6) is 0 Å². The normalized spacial score (nSPS) is 20.0. The van der Waals surface area contributed by atoms with Crippen LogP contribution in [0.2, 0.25) is 0 Å². The molecule has 0 radical (unpaired) electrons. The summed E-state index contributed by atoms with van der Waals surface area (Å²) in [5, 5.41) is 5.24. The number of fused-ring (bicyclic) bond motifs is 6. The van der Waals surface area contributed by atoms with Crippen LogP contribution in [0.3, 0.4) is 0 Å². The second-order valence-electron chi connectivity index (χ2n) is 14.2. The number of unbranched alkanes of at least 4 members (excludes halogenated alkanes) is 2. The maximum absolute atomic E-state index is 6.21. The Balaban J connectivity index is 1.34. The van der Waals surface area contributed by atoms with E-state index in [1.807, 2.05) is 0 Å². The van der Waals surface area contributed by atoms with E-state index >= 15 is 0 Å². The largest absolute Gasteiger partial charge is 0.778 e. The molecule has 0 atom stereocenters. The quantitative estimate of drug-likeness (QED) is 0.0819. The van der Waals surface area contributed by atoms with E-state index < -0.39 is 0 Å². The molecule has 0 spiro atoms. The molecule has 3 aliphatic rings. The molecule has 4 aromatic rings. The third-order valence-corrected chi connectivity index (χ3v) is 11.4. The lowest BCUT2D eigenvalue weighted by Crippen LogP contribution is -2.31. The molecule has 2 nitrogen and oxygen atoms in total. The van der Waals surface area contributed by atoms with E-state index in [4.69, 9.17) is 24.8 Å². The molecular formula is C42H44N2S2. The third kappa shape index (κ3) is 4.63. The van der Waals surface area contributed by atoms with Crippen LogP contribution >= 0.6 is 12.2 Å². The Morgan fingerprint density at radius 2 is 1.39 bits per heavy atom. The zero-order chi connectivity index (χ0) is 32.4. The molecule has 0 bridgehead atoms. The first kappa shape index (κ1) is 31.0. The molecule has 0 aromatic heterocycles. The van der Waals surface area contributed by atoms with Gasteiger partial charge in [-0.3, -0.25) is 0 Å². The SMILES string of the molecule is CCCCN1/C(=C\C2=C([S-])C(=C/C3=[N+](CCCC)c4ccc5ccccc5c4C3(C)C)/C2=S)C(C)(C)c2c1ccc1ccccc21. The average molecular weight is 641 g/mol. The number of nitrogens with zero attached hydrogens (tertiary/aromatic N) is 2. The van der Waals surface area contributed by atoms with E-state index in [2.05, 4.69) is 136 Å². The predicted octanol–water partition coefficient (Wildman–Crippen LogP) is 10.8. The molecule has 0 fully saturated rings. The highest BCUT2D eigenvalue weighted by molar-refractivity contribution is 7.82. The maximum Gasteiger partial charge on any atom is 0.210 e. The zero-order valence-electron chi connectivity index (χ0n) is 28.0. The van der Waals surface area contributed by atoms with Gasteiger partial charge < -0.3 is 17.5 Å². The number of hydrogen-bond donors (Lipinski definition) is 0.